The standard InChI is InChI=1S/C24H23N3O3S/c1-15-10-16(2)22-21(11-15)31-24(26-22)27(14-17-6-5-9-25-13-17)23(28)19-8-7-18(29-3)12-20(19)30-4/h5-13H,14H2,1-4H3. The quantitative estimate of drug-likeness (QED) is 0.420. The van der Waals surface area contributed by atoms with E-state index in [9.17, 15) is 4.79 Å². The number of thiazole rings is 1. The molecule has 0 radical (unpaired) electrons. The van der Waals surface area contributed by atoms with Crippen molar-refractivity contribution >= 4 is 32.6 Å². The number of hydrogen-bond donors (Lipinski definition) is 0. The van der Waals surface area contributed by atoms with Crippen molar-refractivity contribution in [3.8, 4) is 11.5 Å². The molecule has 4 aromatic rings. The topological polar surface area (TPSA) is 64.5 Å². The van der Waals surface area contributed by atoms with Crippen LogP contribution in [-0.2, 0) is 6.54 Å². The molecule has 4 rings (SSSR count). The van der Waals surface area contributed by atoms with Gasteiger partial charge < -0.3 is 9.47 Å². The Labute approximate surface area is 185 Å². The maximum atomic E-state index is 13.7. The normalized spacial score (nSPS) is 10.8. The molecule has 0 fully saturated rings. The first kappa shape index (κ1) is 20.8. The molecule has 2 heterocycles. The van der Waals surface area contributed by atoms with Gasteiger partial charge in [-0.3, -0.25) is 14.7 Å². The molecular weight excluding hydrogens is 410 g/mol. The summed E-state index contributed by atoms with van der Waals surface area (Å²) in [5, 5.41) is 0.635. The molecule has 0 N–H and O–H groups in total. The van der Waals surface area contributed by atoms with Crippen molar-refractivity contribution in [2.24, 2.45) is 0 Å². The average Bonchev–Trinajstić information content (AvgIpc) is 3.21. The number of pyridine rings is 1. The van der Waals surface area contributed by atoms with E-state index in [0.717, 1.165) is 21.3 Å². The van der Waals surface area contributed by atoms with Gasteiger partial charge in [-0.25, -0.2) is 4.98 Å². The first-order chi connectivity index (χ1) is 15.0. The van der Waals surface area contributed by atoms with Crippen molar-refractivity contribution in [3.05, 3.63) is 77.1 Å². The first-order valence-corrected chi connectivity index (χ1v) is 10.6. The number of aryl methyl sites for hydroxylation is 2. The molecule has 0 aliphatic rings. The predicted octanol–water partition coefficient (Wildman–Crippen LogP) is 5.17. The van der Waals surface area contributed by atoms with E-state index in [0.29, 0.717) is 28.7 Å². The van der Waals surface area contributed by atoms with E-state index < -0.39 is 0 Å². The number of benzene rings is 2. The number of fused-ring (bicyclic) bond motifs is 1. The molecular formula is C24H23N3O3S. The molecule has 2 aromatic heterocycles. The van der Waals surface area contributed by atoms with Crippen LogP contribution in [0, 0.1) is 13.8 Å². The van der Waals surface area contributed by atoms with E-state index >= 15 is 0 Å². The average molecular weight is 434 g/mol. The third-order valence-electron chi connectivity index (χ3n) is 5.00. The minimum absolute atomic E-state index is 0.197. The molecule has 0 unspecified atom stereocenters. The molecule has 158 valence electrons. The maximum absolute atomic E-state index is 13.7. The molecule has 31 heavy (non-hydrogen) atoms. The number of aromatic nitrogens is 2. The van der Waals surface area contributed by atoms with Crippen molar-refractivity contribution in [1.82, 2.24) is 9.97 Å². The van der Waals surface area contributed by atoms with E-state index in [1.165, 1.54) is 16.9 Å². The fraction of sp³-hybridized carbons (Fsp3) is 0.208. The van der Waals surface area contributed by atoms with Gasteiger partial charge in [0.2, 0.25) is 0 Å². The predicted molar refractivity (Wildman–Crippen MR) is 123 cm³/mol. The highest BCUT2D eigenvalue weighted by atomic mass is 32.1. The summed E-state index contributed by atoms with van der Waals surface area (Å²) in [5.74, 6) is 0.878. The number of ether oxygens (including phenoxy) is 2. The van der Waals surface area contributed by atoms with Crippen LogP contribution in [-0.4, -0.2) is 30.1 Å². The molecule has 0 saturated heterocycles. The minimum Gasteiger partial charge on any atom is -0.497 e. The third-order valence-corrected chi connectivity index (χ3v) is 6.02. The number of hydrogen-bond acceptors (Lipinski definition) is 6. The monoisotopic (exact) mass is 433 g/mol. The lowest BCUT2D eigenvalue weighted by atomic mass is 10.1. The molecule has 7 heteroatoms. The Kier molecular flexibility index (Phi) is 5.86. The summed E-state index contributed by atoms with van der Waals surface area (Å²) in [7, 11) is 3.12. The van der Waals surface area contributed by atoms with Gasteiger partial charge in [-0.05, 0) is 54.8 Å². The van der Waals surface area contributed by atoms with E-state index in [1.807, 2.05) is 19.1 Å². The van der Waals surface area contributed by atoms with Gasteiger partial charge in [0.25, 0.3) is 5.91 Å². The molecule has 0 atom stereocenters. The first-order valence-electron chi connectivity index (χ1n) is 9.80. The van der Waals surface area contributed by atoms with Gasteiger partial charge in [0.15, 0.2) is 5.13 Å². The number of anilines is 1. The summed E-state index contributed by atoms with van der Waals surface area (Å²) in [5.41, 5.74) is 4.53. The highest BCUT2D eigenvalue weighted by Gasteiger charge is 2.25. The largest absolute Gasteiger partial charge is 0.497 e. The Morgan fingerprint density at radius 2 is 1.94 bits per heavy atom. The van der Waals surface area contributed by atoms with Crippen LogP contribution >= 0.6 is 11.3 Å². The Morgan fingerprint density at radius 3 is 2.65 bits per heavy atom. The van der Waals surface area contributed by atoms with Gasteiger partial charge >= 0.3 is 0 Å². The van der Waals surface area contributed by atoms with Crippen molar-refractivity contribution in [2.45, 2.75) is 20.4 Å². The van der Waals surface area contributed by atoms with Crippen LogP contribution in [0.25, 0.3) is 10.2 Å². The van der Waals surface area contributed by atoms with Crippen LogP contribution in [0.3, 0.4) is 0 Å². The summed E-state index contributed by atoms with van der Waals surface area (Å²) < 4.78 is 11.8. The van der Waals surface area contributed by atoms with Crippen LogP contribution in [0.4, 0.5) is 5.13 Å². The number of carbonyl (C=O) groups excluding carboxylic acids is 1. The second-order valence-corrected chi connectivity index (χ2v) is 8.25. The van der Waals surface area contributed by atoms with Gasteiger partial charge in [-0.2, -0.15) is 0 Å². The Morgan fingerprint density at radius 1 is 1.10 bits per heavy atom. The highest BCUT2D eigenvalue weighted by molar-refractivity contribution is 7.22. The van der Waals surface area contributed by atoms with Gasteiger partial charge in [-0.15, -0.1) is 0 Å². The summed E-state index contributed by atoms with van der Waals surface area (Å²) >= 11 is 1.51. The highest BCUT2D eigenvalue weighted by Crippen LogP contribution is 2.34. The number of carbonyl (C=O) groups is 1. The molecule has 0 saturated carbocycles. The van der Waals surface area contributed by atoms with E-state index in [1.54, 1.807) is 49.7 Å². The molecule has 0 bridgehead atoms. The van der Waals surface area contributed by atoms with E-state index in [4.69, 9.17) is 14.5 Å². The summed E-state index contributed by atoms with van der Waals surface area (Å²) in [6, 6.07) is 13.2. The molecule has 0 spiro atoms. The Bertz CT molecular complexity index is 1240. The fourth-order valence-corrected chi connectivity index (χ4v) is 4.63. The number of methoxy groups -OCH3 is 2. The second kappa shape index (κ2) is 8.73. The molecule has 0 aliphatic heterocycles. The van der Waals surface area contributed by atoms with Crippen LogP contribution in [0.5, 0.6) is 11.5 Å². The zero-order valence-electron chi connectivity index (χ0n) is 17.9. The lowest BCUT2D eigenvalue weighted by molar-refractivity contribution is 0.0982. The minimum atomic E-state index is -0.197. The van der Waals surface area contributed by atoms with Gasteiger partial charge in [0, 0.05) is 18.5 Å². The number of rotatable bonds is 6. The molecule has 2 aromatic carbocycles. The fourth-order valence-electron chi connectivity index (χ4n) is 3.50. The molecule has 6 nitrogen and oxygen atoms in total. The third kappa shape index (κ3) is 4.22. The summed E-state index contributed by atoms with van der Waals surface area (Å²) in [6.45, 7) is 4.45. The maximum Gasteiger partial charge on any atom is 0.264 e. The molecule has 0 aliphatic carbocycles. The Hall–Kier alpha value is -3.45. The SMILES string of the molecule is COc1ccc(C(=O)N(Cc2cccnc2)c2nc3c(C)cc(C)cc3s2)c(OC)c1. The van der Waals surface area contributed by atoms with Crippen molar-refractivity contribution in [1.29, 1.82) is 0 Å². The lowest BCUT2D eigenvalue weighted by Crippen LogP contribution is -2.30. The smallest absolute Gasteiger partial charge is 0.264 e. The van der Waals surface area contributed by atoms with Crippen molar-refractivity contribution in [2.75, 3.05) is 19.1 Å². The van der Waals surface area contributed by atoms with Crippen LogP contribution < -0.4 is 14.4 Å². The van der Waals surface area contributed by atoms with Crippen LogP contribution in [0.1, 0.15) is 27.0 Å². The van der Waals surface area contributed by atoms with Crippen molar-refractivity contribution in [3.63, 3.8) is 0 Å². The van der Waals surface area contributed by atoms with Crippen LogP contribution in [0.15, 0.2) is 54.9 Å². The van der Waals surface area contributed by atoms with Crippen molar-refractivity contribution < 1.29 is 14.3 Å². The second-order valence-electron chi connectivity index (χ2n) is 7.24. The van der Waals surface area contributed by atoms with Crippen LogP contribution in [0.2, 0.25) is 0 Å². The van der Waals surface area contributed by atoms with Gasteiger partial charge in [-0.1, -0.05) is 23.5 Å². The number of amides is 1. The lowest BCUT2D eigenvalue weighted by Gasteiger charge is -2.21. The van der Waals surface area contributed by atoms with E-state index in [-0.39, 0.29) is 5.91 Å². The zero-order valence-corrected chi connectivity index (χ0v) is 18.7. The summed E-state index contributed by atoms with van der Waals surface area (Å²) in [4.78, 5) is 24.4. The summed E-state index contributed by atoms with van der Waals surface area (Å²) in [6.07, 6.45) is 3.47. The van der Waals surface area contributed by atoms with E-state index in [2.05, 4.69) is 24.0 Å². The number of nitrogens with zero attached hydrogens (tertiary/aromatic N) is 3. The molecule has 1 amide bonds. The van der Waals surface area contributed by atoms with Gasteiger partial charge in [0.1, 0.15) is 11.5 Å². The van der Waals surface area contributed by atoms with Gasteiger partial charge in [0.05, 0.1) is 36.5 Å². The Balaban J connectivity index is 1.82. The zero-order chi connectivity index (χ0) is 22.0.